The van der Waals surface area contributed by atoms with E-state index in [0.29, 0.717) is 13.2 Å². The number of urea groups is 1. The first-order chi connectivity index (χ1) is 11.5. The normalized spacial score (nSPS) is 10.3. The van der Waals surface area contributed by atoms with E-state index in [1.54, 1.807) is 0 Å². The van der Waals surface area contributed by atoms with Gasteiger partial charge in [-0.15, -0.1) is 0 Å². The van der Waals surface area contributed by atoms with Gasteiger partial charge >= 0.3 is 6.03 Å². The van der Waals surface area contributed by atoms with E-state index >= 15 is 0 Å². The summed E-state index contributed by atoms with van der Waals surface area (Å²) in [7, 11) is 0. The lowest BCUT2D eigenvalue weighted by Crippen LogP contribution is -2.32. The number of anilines is 1. The monoisotopic (exact) mass is 326 g/mol. The van der Waals surface area contributed by atoms with Crippen molar-refractivity contribution in [2.45, 2.75) is 34.1 Å². The minimum Gasteiger partial charge on any atom is -0.491 e. The highest BCUT2D eigenvalue weighted by Gasteiger charge is 2.08. The highest BCUT2D eigenvalue weighted by molar-refractivity contribution is 5.91. The van der Waals surface area contributed by atoms with E-state index in [1.165, 1.54) is 5.56 Å². The summed E-state index contributed by atoms with van der Waals surface area (Å²) >= 11 is 0. The first-order valence-corrected chi connectivity index (χ1v) is 8.34. The summed E-state index contributed by atoms with van der Waals surface area (Å²) in [5, 5.41) is 5.78. The minimum absolute atomic E-state index is 0.205. The number of hydrogen-bond donors (Lipinski definition) is 2. The Bertz CT molecular complexity index is 711. The van der Waals surface area contributed by atoms with Crippen molar-refractivity contribution in [3.05, 3.63) is 58.7 Å². The lowest BCUT2D eigenvalue weighted by atomic mass is 10.1. The Morgan fingerprint density at radius 2 is 1.88 bits per heavy atom. The first kappa shape index (κ1) is 17.9. The number of nitrogens with one attached hydrogen (secondary N) is 2. The van der Waals surface area contributed by atoms with Crippen molar-refractivity contribution in [3.63, 3.8) is 0 Å². The minimum atomic E-state index is -0.205. The van der Waals surface area contributed by atoms with Crippen molar-refractivity contribution >= 4 is 11.7 Å². The van der Waals surface area contributed by atoms with E-state index < -0.39 is 0 Å². The van der Waals surface area contributed by atoms with Crippen LogP contribution in [-0.2, 0) is 6.42 Å². The van der Waals surface area contributed by atoms with Crippen molar-refractivity contribution in [3.8, 4) is 5.75 Å². The highest BCUT2D eigenvalue weighted by atomic mass is 16.5. The molecule has 0 unspecified atom stereocenters. The third kappa shape index (κ3) is 4.75. The number of rotatable bonds is 6. The van der Waals surface area contributed by atoms with Gasteiger partial charge < -0.3 is 15.4 Å². The third-order valence-corrected chi connectivity index (χ3v) is 3.95. The SMILES string of the molecule is CCc1cccc(C)c1NC(=O)NCCOc1ccc(C)cc1C. The lowest BCUT2D eigenvalue weighted by Gasteiger charge is -2.14. The van der Waals surface area contributed by atoms with Crippen LogP contribution in [0.15, 0.2) is 36.4 Å². The van der Waals surface area contributed by atoms with Crippen LogP contribution in [0, 0.1) is 20.8 Å². The van der Waals surface area contributed by atoms with Gasteiger partial charge in [0.25, 0.3) is 0 Å². The summed E-state index contributed by atoms with van der Waals surface area (Å²) in [5.41, 5.74) is 5.41. The average Bonchev–Trinajstić information content (AvgIpc) is 2.55. The molecular weight excluding hydrogens is 300 g/mol. The van der Waals surface area contributed by atoms with Gasteiger partial charge in [0, 0.05) is 5.69 Å². The van der Waals surface area contributed by atoms with Crippen molar-refractivity contribution in [1.82, 2.24) is 5.32 Å². The molecule has 4 nitrogen and oxygen atoms in total. The fourth-order valence-electron chi connectivity index (χ4n) is 2.65. The number of aryl methyl sites for hydroxylation is 4. The van der Waals surface area contributed by atoms with E-state index in [-0.39, 0.29) is 6.03 Å². The van der Waals surface area contributed by atoms with Crippen LogP contribution < -0.4 is 15.4 Å². The number of ether oxygens (including phenoxy) is 1. The van der Waals surface area contributed by atoms with Gasteiger partial charge in [-0.3, -0.25) is 0 Å². The van der Waals surface area contributed by atoms with Crippen LogP contribution in [0.4, 0.5) is 10.5 Å². The second kappa shape index (κ2) is 8.39. The number of carbonyl (C=O) groups excluding carboxylic acids is 1. The lowest BCUT2D eigenvalue weighted by molar-refractivity contribution is 0.247. The molecule has 4 heteroatoms. The van der Waals surface area contributed by atoms with Gasteiger partial charge in [0.15, 0.2) is 0 Å². The number of benzene rings is 2. The quantitative estimate of drug-likeness (QED) is 0.774. The average molecular weight is 326 g/mol. The Labute approximate surface area is 144 Å². The maximum absolute atomic E-state index is 12.1. The molecule has 0 aliphatic rings. The summed E-state index contributed by atoms with van der Waals surface area (Å²) in [5.74, 6) is 0.856. The molecule has 0 aliphatic heterocycles. The van der Waals surface area contributed by atoms with E-state index in [1.807, 2.05) is 44.2 Å². The van der Waals surface area contributed by atoms with Gasteiger partial charge in [0.05, 0.1) is 6.54 Å². The standard InChI is InChI=1S/C20H26N2O2/c1-5-17-8-6-7-15(3)19(17)22-20(23)21-11-12-24-18-10-9-14(2)13-16(18)4/h6-10,13H,5,11-12H2,1-4H3,(H2,21,22,23). The molecule has 0 saturated carbocycles. The van der Waals surface area contributed by atoms with Gasteiger partial charge in [-0.2, -0.15) is 0 Å². The molecule has 128 valence electrons. The number of para-hydroxylation sites is 1. The van der Waals surface area contributed by atoms with E-state index in [2.05, 4.69) is 30.5 Å². The third-order valence-electron chi connectivity index (χ3n) is 3.95. The van der Waals surface area contributed by atoms with Gasteiger partial charge in [-0.1, -0.05) is 42.8 Å². The molecule has 0 heterocycles. The van der Waals surface area contributed by atoms with E-state index in [9.17, 15) is 4.79 Å². The Morgan fingerprint density at radius 1 is 1.08 bits per heavy atom. The topological polar surface area (TPSA) is 50.4 Å². The van der Waals surface area contributed by atoms with Crippen LogP contribution in [0.2, 0.25) is 0 Å². The molecule has 0 fully saturated rings. The second-order valence-electron chi connectivity index (χ2n) is 5.96. The Hall–Kier alpha value is -2.49. The van der Waals surface area contributed by atoms with E-state index in [4.69, 9.17) is 4.74 Å². The van der Waals surface area contributed by atoms with Gasteiger partial charge in [0.2, 0.25) is 0 Å². The van der Waals surface area contributed by atoms with Crippen molar-refractivity contribution in [1.29, 1.82) is 0 Å². The zero-order valence-electron chi connectivity index (χ0n) is 14.9. The van der Waals surface area contributed by atoms with E-state index in [0.717, 1.165) is 34.5 Å². The summed E-state index contributed by atoms with van der Waals surface area (Å²) < 4.78 is 5.72. The Balaban J connectivity index is 1.82. The van der Waals surface area contributed by atoms with Gasteiger partial charge in [-0.05, 0) is 49.9 Å². The molecule has 2 aromatic rings. The van der Waals surface area contributed by atoms with Crippen LogP contribution in [0.5, 0.6) is 5.75 Å². The molecule has 0 saturated heterocycles. The summed E-state index contributed by atoms with van der Waals surface area (Å²) in [6, 6.07) is 11.9. The molecule has 0 aliphatic carbocycles. The summed E-state index contributed by atoms with van der Waals surface area (Å²) in [4.78, 5) is 12.1. The Morgan fingerprint density at radius 3 is 2.58 bits per heavy atom. The zero-order chi connectivity index (χ0) is 17.5. The smallest absolute Gasteiger partial charge is 0.319 e. The predicted molar refractivity (Wildman–Crippen MR) is 99.0 cm³/mol. The molecule has 0 bridgehead atoms. The van der Waals surface area contributed by atoms with Crippen LogP contribution >= 0.6 is 0 Å². The van der Waals surface area contributed by atoms with Crippen molar-refractivity contribution in [2.75, 3.05) is 18.5 Å². The molecular formula is C20H26N2O2. The molecule has 2 aromatic carbocycles. The fraction of sp³-hybridized carbons (Fsp3) is 0.350. The first-order valence-electron chi connectivity index (χ1n) is 8.34. The highest BCUT2D eigenvalue weighted by Crippen LogP contribution is 2.21. The molecule has 0 atom stereocenters. The van der Waals surface area contributed by atoms with Crippen LogP contribution in [0.25, 0.3) is 0 Å². The number of hydrogen-bond acceptors (Lipinski definition) is 2. The molecule has 2 amide bonds. The fourth-order valence-corrected chi connectivity index (χ4v) is 2.65. The van der Waals surface area contributed by atoms with Crippen molar-refractivity contribution < 1.29 is 9.53 Å². The van der Waals surface area contributed by atoms with Crippen LogP contribution in [0.3, 0.4) is 0 Å². The van der Waals surface area contributed by atoms with Crippen molar-refractivity contribution in [2.24, 2.45) is 0 Å². The van der Waals surface area contributed by atoms with Gasteiger partial charge in [-0.25, -0.2) is 4.79 Å². The zero-order valence-corrected chi connectivity index (χ0v) is 14.9. The number of carbonyl (C=O) groups is 1. The van der Waals surface area contributed by atoms with Crippen LogP contribution in [-0.4, -0.2) is 19.2 Å². The molecule has 0 spiro atoms. The maximum Gasteiger partial charge on any atom is 0.319 e. The molecule has 2 rings (SSSR count). The Kier molecular flexibility index (Phi) is 6.24. The molecule has 0 aromatic heterocycles. The molecule has 2 N–H and O–H groups in total. The summed E-state index contributed by atoms with van der Waals surface area (Å²) in [6.45, 7) is 9.04. The second-order valence-corrected chi connectivity index (χ2v) is 5.96. The largest absolute Gasteiger partial charge is 0.491 e. The van der Waals surface area contributed by atoms with Gasteiger partial charge in [0.1, 0.15) is 12.4 Å². The number of amides is 2. The maximum atomic E-state index is 12.1. The van der Waals surface area contributed by atoms with Crippen LogP contribution in [0.1, 0.15) is 29.2 Å². The molecule has 24 heavy (non-hydrogen) atoms. The molecule has 0 radical (unpaired) electrons. The summed E-state index contributed by atoms with van der Waals surface area (Å²) in [6.07, 6.45) is 0.882. The predicted octanol–water partition coefficient (Wildman–Crippen LogP) is 4.37.